The molecule has 1 atom stereocenters. The molecule has 0 aliphatic rings. The Labute approximate surface area is 141 Å². The number of ether oxygens (including phenoxy) is 3. The molecule has 0 fully saturated rings. The van der Waals surface area contributed by atoms with Gasteiger partial charge < -0.3 is 14.2 Å². The van der Waals surface area contributed by atoms with Crippen molar-refractivity contribution < 1.29 is 28.6 Å². The normalized spacial score (nSPS) is 12.5. The van der Waals surface area contributed by atoms with Gasteiger partial charge in [-0.3, -0.25) is 4.79 Å². The predicted octanol–water partition coefficient (Wildman–Crippen LogP) is 2.82. The molecule has 1 aromatic carbocycles. The highest BCUT2D eigenvalue weighted by molar-refractivity contribution is 5.87. The predicted molar refractivity (Wildman–Crippen MR) is 87.8 cm³/mol. The molecule has 6 heteroatoms. The van der Waals surface area contributed by atoms with Crippen LogP contribution in [-0.2, 0) is 28.6 Å². The maximum absolute atomic E-state index is 11.7. The van der Waals surface area contributed by atoms with Crippen LogP contribution in [0, 0.1) is 0 Å². The number of carbonyl (C=O) groups excluding carboxylic acids is 3. The van der Waals surface area contributed by atoms with Gasteiger partial charge in [0, 0.05) is 18.6 Å². The van der Waals surface area contributed by atoms with Gasteiger partial charge in [-0.05, 0) is 32.4 Å². The van der Waals surface area contributed by atoms with Crippen molar-refractivity contribution in [1.29, 1.82) is 0 Å². The second-order valence-corrected chi connectivity index (χ2v) is 6.05. The monoisotopic (exact) mass is 334 g/mol. The zero-order valence-electron chi connectivity index (χ0n) is 14.5. The van der Waals surface area contributed by atoms with E-state index in [1.165, 1.54) is 20.1 Å². The standard InChI is InChI=1S/C18H22O6/c1-12(19)23-16(17(21)22-5)14-9-6-13(7-10-14)8-11-15(20)24-18(2,3)4/h6-11,16H,1-5H3. The highest BCUT2D eigenvalue weighted by Crippen LogP contribution is 2.20. The van der Waals surface area contributed by atoms with Crippen LogP contribution in [0.2, 0.25) is 0 Å². The lowest BCUT2D eigenvalue weighted by molar-refractivity contribution is -0.165. The van der Waals surface area contributed by atoms with Gasteiger partial charge in [-0.2, -0.15) is 0 Å². The zero-order chi connectivity index (χ0) is 18.3. The van der Waals surface area contributed by atoms with Gasteiger partial charge in [0.2, 0.25) is 6.10 Å². The molecule has 0 spiro atoms. The van der Waals surface area contributed by atoms with Crippen LogP contribution in [-0.4, -0.2) is 30.6 Å². The number of benzene rings is 1. The molecule has 24 heavy (non-hydrogen) atoms. The number of carbonyl (C=O) groups is 3. The number of esters is 3. The van der Waals surface area contributed by atoms with Crippen LogP contribution in [0.1, 0.15) is 44.9 Å². The molecule has 0 saturated heterocycles. The van der Waals surface area contributed by atoms with Crippen molar-refractivity contribution in [2.75, 3.05) is 7.11 Å². The first-order valence-corrected chi connectivity index (χ1v) is 7.38. The van der Waals surface area contributed by atoms with Crippen molar-refractivity contribution in [3.8, 4) is 0 Å². The van der Waals surface area contributed by atoms with Crippen molar-refractivity contribution in [3.63, 3.8) is 0 Å². The Morgan fingerprint density at radius 3 is 2.12 bits per heavy atom. The van der Waals surface area contributed by atoms with E-state index in [1.807, 2.05) is 0 Å². The lowest BCUT2D eigenvalue weighted by Gasteiger charge is -2.17. The Hall–Kier alpha value is -2.63. The van der Waals surface area contributed by atoms with Crippen LogP contribution < -0.4 is 0 Å². The molecule has 0 aliphatic carbocycles. The molecular weight excluding hydrogens is 312 g/mol. The van der Waals surface area contributed by atoms with Crippen LogP contribution in [0.5, 0.6) is 0 Å². The summed E-state index contributed by atoms with van der Waals surface area (Å²) in [5, 5.41) is 0. The third kappa shape index (κ3) is 6.64. The van der Waals surface area contributed by atoms with E-state index in [0.717, 1.165) is 5.56 Å². The van der Waals surface area contributed by atoms with Gasteiger partial charge in [-0.15, -0.1) is 0 Å². The highest BCUT2D eigenvalue weighted by Gasteiger charge is 2.24. The topological polar surface area (TPSA) is 78.9 Å². The fourth-order valence-electron chi connectivity index (χ4n) is 1.81. The summed E-state index contributed by atoms with van der Waals surface area (Å²) in [5.74, 6) is -1.69. The maximum Gasteiger partial charge on any atom is 0.351 e. The summed E-state index contributed by atoms with van der Waals surface area (Å²) in [6.07, 6.45) is 1.80. The first-order chi connectivity index (χ1) is 11.1. The van der Waals surface area contributed by atoms with Gasteiger partial charge in [0.1, 0.15) is 5.60 Å². The average Bonchev–Trinajstić information content (AvgIpc) is 2.48. The minimum atomic E-state index is -1.11. The third-order valence-electron chi connectivity index (χ3n) is 2.76. The van der Waals surface area contributed by atoms with Crippen LogP contribution in [0.15, 0.2) is 30.3 Å². The molecule has 0 aromatic heterocycles. The van der Waals surface area contributed by atoms with Crippen molar-refractivity contribution in [1.82, 2.24) is 0 Å². The van der Waals surface area contributed by atoms with Crippen LogP contribution in [0.4, 0.5) is 0 Å². The molecule has 0 N–H and O–H groups in total. The van der Waals surface area contributed by atoms with Gasteiger partial charge in [-0.1, -0.05) is 24.3 Å². The molecule has 0 heterocycles. The van der Waals surface area contributed by atoms with Gasteiger partial charge in [-0.25, -0.2) is 9.59 Å². The Balaban J connectivity index is 2.85. The summed E-state index contributed by atoms with van der Waals surface area (Å²) in [4.78, 5) is 34.4. The molecule has 0 saturated carbocycles. The SMILES string of the molecule is COC(=O)C(OC(C)=O)c1ccc(C=CC(=O)OC(C)(C)C)cc1. The van der Waals surface area contributed by atoms with E-state index in [-0.39, 0.29) is 0 Å². The number of hydrogen-bond donors (Lipinski definition) is 0. The van der Waals surface area contributed by atoms with E-state index in [9.17, 15) is 14.4 Å². The smallest absolute Gasteiger partial charge is 0.351 e. The molecule has 0 aliphatic heterocycles. The Morgan fingerprint density at radius 2 is 1.67 bits per heavy atom. The first kappa shape index (κ1) is 19.4. The number of methoxy groups -OCH3 is 1. The third-order valence-corrected chi connectivity index (χ3v) is 2.76. The van der Waals surface area contributed by atoms with Gasteiger partial charge >= 0.3 is 17.9 Å². The summed E-state index contributed by atoms with van der Waals surface area (Å²) < 4.78 is 14.8. The molecule has 1 rings (SSSR count). The van der Waals surface area contributed by atoms with Crippen molar-refractivity contribution in [2.45, 2.75) is 39.4 Å². The average molecular weight is 334 g/mol. The largest absolute Gasteiger partial charge is 0.466 e. The quantitative estimate of drug-likeness (QED) is 0.468. The number of rotatable bonds is 5. The van der Waals surface area contributed by atoms with Crippen LogP contribution in [0.3, 0.4) is 0 Å². The van der Waals surface area contributed by atoms with Gasteiger partial charge in [0.25, 0.3) is 0 Å². The van der Waals surface area contributed by atoms with Crippen molar-refractivity contribution >= 4 is 24.0 Å². The Kier molecular flexibility index (Phi) is 6.70. The van der Waals surface area contributed by atoms with Gasteiger partial charge in [0.15, 0.2) is 0 Å². The van der Waals surface area contributed by atoms with Crippen molar-refractivity contribution in [3.05, 3.63) is 41.5 Å². The lowest BCUT2D eigenvalue weighted by atomic mass is 10.1. The molecular formula is C18H22O6. The molecule has 6 nitrogen and oxygen atoms in total. The lowest BCUT2D eigenvalue weighted by Crippen LogP contribution is -2.22. The fraction of sp³-hybridized carbons (Fsp3) is 0.389. The first-order valence-electron chi connectivity index (χ1n) is 7.38. The molecule has 130 valence electrons. The van der Waals surface area contributed by atoms with E-state index in [2.05, 4.69) is 4.74 Å². The Bertz CT molecular complexity index is 622. The van der Waals surface area contributed by atoms with Crippen LogP contribution in [0.25, 0.3) is 6.08 Å². The van der Waals surface area contributed by atoms with Crippen molar-refractivity contribution in [2.24, 2.45) is 0 Å². The summed E-state index contributed by atoms with van der Waals surface area (Å²) in [5.41, 5.74) is 0.658. The van der Waals surface area contributed by atoms with E-state index >= 15 is 0 Å². The maximum atomic E-state index is 11.7. The van der Waals surface area contributed by atoms with Crippen LogP contribution >= 0.6 is 0 Å². The fourth-order valence-corrected chi connectivity index (χ4v) is 1.81. The molecule has 0 bridgehead atoms. The molecule has 1 aromatic rings. The molecule has 0 radical (unpaired) electrons. The second-order valence-electron chi connectivity index (χ2n) is 6.05. The Morgan fingerprint density at radius 1 is 1.08 bits per heavy atom. The summed E-state index contributed by atoms with van der Waals surface area (Å²) >= 11 is 0. The van der Waals surface area contributed by atoms with E-state index in [1.54, 1.807) is 51.1 Å². The summed E-state index contributed by atoms with van der Waals surface area (Å²) in [7, 11) is 1.22. The van der Waals surface area contributed by atoms with E-state index in [0.29, 0.717) is 5.56 Å². The highest BCUT2D eigenvalue weighted by atomic mass is 16.6. The zero-order valence-corrected chi connectivity index (χ0v) is 14.5. The minimum Gasteiger partial charge on any atom is -0.466 e. The summed E-state index contributed by atoms with van der Waals surface area (Å²) in [6.45, 7) is 6.58. The summed E-state index contributed by atoms with van der Waals surface area (Å²) in [6, 6.07) is 6.63. The minimum absolute atomic E-state index is 0.445. The number of hydrogen-bond acceptors (Lipinski definition) is 6. The molecule has 0 amide bonds. The second kappa shape index (κ2) is 8.29. The van der Waals surface area contributed by atoms with Gasteiger partial charge in [0.05, 0.1) is 7.11 Å². The van der Waals surface area contributed by atoms with E-state index in [4.69, 9.17) is 9.47 Å². The molecule has 1 unspecified atom stereocenters. The van der Waals surface area contributed by atoms with E-state index < -0.39 is 29.6 Å².